The Bertz CT molecular complexity index is 880. The lowest BCUT2D eigenvalue weighted by atomic mass is 9.91. The first-order valence-electron chi connectivity index (χ1n) is 10.7. The molecule has 2 aromatic rings. The molecule has 0 saturated heterocycles. The molecule has 1 heterocycles. The molecule has 162 valence electrons. The van der Waals surface area contributed by atoms with Crippen LogP contribution in [0, 0.1) is 27.7 Å². The van der Waals surface area contributed by atoms with Crippen molar-refractivity contribution in [2.45, 2.75) is 65.5 Å². The largest absolute Gasteiger partial charge is 0.367 e. The van der Waals surface area contributed by atoms with Crippen LogP contribution >= 0.6 is 0 Å². The van der Waals surface area contributed by atoms with Crippen LogP contribution in [0.3, 0.4) is 0 Å². The fourth-order valence-corrected chi connectivity index (χ4v) is 4.16. The molecule has 0 radical (unpaired) electrons. The van der Waals surface area contributed by atoms with E-state index in [1.807, 2.05) is 45.8 Å². The molecule has 0 bridgehead atoms. The van der Waals surface area contributed by atoms with Crippen molar-refractivity contribution >= 4 is 23.4 Å². The number of hydrogen-bond donors (Lipinski definition) is 3. The van der Waals surface area contributed by atoms with Gasteiger partial charge in [0.05, 0.1) is 0 Å². The Balaban J connectivity index is 1.51. The number of nitrogens with zero attached hydrogens (tertiary/aromatic N) is 3. The van der Waals surface area contributed by atoms with Gasteiger partial charge in [-0.25, -0.2) is 14.8 Å². The normalized spacial score (nSPS) is 18.6. The lowest BCUT2D eigenvalue weighted by Crippen LogP contribution is -2.42. The smallest absolute Gasteiger partial charge is 0.319 e. The number of aryl methyl sites for hydroxylation is 4. The molecule has 1 aliphatic carbocycles. The molecule has 1 fully saturated rings. The zero-order valence-corrected chi connectivity index (χ0v) is 19.0. The average molecular weight is 411 g/mol. The molecular formula is C23H34N6O. The van der Waals surface area contributed by atoms with Crippen molar-refractivity contribution in [3.8, 4) is 0 Å². The molecule has 1 aliphatic rings. The van der Waals surface area contributed by atoms with Crippen molar-refractivity contribution in [3.63, 3.8) is 0 Å². The summed E-state index contributed by atoms with van der Waals surface area (Å²) in [6.07, 6.45) is 3.88. The van der Waals surface area contributed by atoms with Crippen LogP contribution in [0.2, 0.25) is 0 Å². The second-order valence-electron chi connectivity index (χ2n) is 8.62. The molecule has 0 spiro atoms. The molecule has 3 rings (SSSR count). The van der Waals surface area contributed by atoms with Gasteiger partial charge >= 0.3 is 6.03 Å². The number of benzene rings is 1. The molecule has 7 heteroatoms. The van der Waals surface area contributed by atoms with Gasteiger partial charge in [0.1, 0.15) is 17.5 Å². The van der Waals surface area contributed by atoms with Crippen molar-refractivity contribution in [2.75, 3.05) is 29.6 Å². The van der Waals surface area contributed by atoms with E-state index in [1.54, 1.807) is 0 Å². The van der Waals surface area contributed by atoms with E-state index in [0.29, 0.717) is 6.04 Å². The van der Waals surface area contributed by atoms with Crippen LogP contribution in [-0.2, 0) is 0 Å². The predicted molar refractivity (Wildman–Crippen MR) is 124 cm³/mol. The second-order valence-corrected chi connectivity index (χ2v) is 8.62. The van der Waals surface area contributed by atoms with Gasteiger partial charge in [-0.15, -0.1) is 0 Å². The number of amides is 2. The Hall–Kier alpha value is -2.83. The van der Waals surface area contributed by atoms with Crippen molar-refractivity contribution in [2.24, 2.45) is 0 Å². The fraction of sp³-hybridized carbons (Fsp3) is 0.522. The first kappa shape index (κ1) is 21.9. The Labute approximate surface area is 179 Å². The third kappa shape index (κ3) is 5.62. The van der Waals surface area contributed by atoms with Gasteiger partial charge in [0.15, 0.2) is 0 Å². The Morgan fingerprint density at radius 1 is 0.933 bits per heavy atom. The first-order chi connectivity index (χ1) is 14.2. The topological polar surface area (TPSA) is 82.2 Å². The summed E-state index contributed by atoms with van der Waals surface area (Å²) in [6.45, 7) is 8.04. The van der Waals surface area contributed by atoms with Crippen molar-refractivity contribution < 1.29 is 4.79 Å². The third-order valence-corrected chi connectivity index (χ3v) is 5.61. The Morgan fingerprint density at radius 3 is 2.13 bits per heavy atom. The van der Waals surface area contributed by atoms with Gasteiger partial charge in [0.2, 0.25) is 0 Å². The van der Waals surface area contributed by atoms with Gasteiger partial charge < -0.3 is 20.9 Å². The molecule has 30 heavy (non-hydrogen) atoms. The van der Waals surface area contributed by atoms with Crippen LogP contribution in [0.1, 0.15) is 48.2 Å². The SMILES string of the molecule is Cc1cc(C)c(NC(=O)NC2CCC(Nc3cc(N(C)C)nc(C)n3)CC2)c(C)c1. The van der Waals surface area contributed by atoms with Gasteiger partial charge in [-0.2, -0.15) is 0 Å². The number of anilines is 3. The van der Waals surface area contributed by atoms with Gasteiger partial charge in [-0.05, 0) is 64.5 Å². The van der Waals surface area contributed by atoms with Crippen molar-refractivity contribution in [1.29, 1.82) is 0 Å². The van der Waals surface area contributed by atoms with Crippen molar-refractivity contribution in [3.05, 3.63) is 40.7 Å². The summed E-state index contributed by atoms with van der Waals surface area (Å²) in [5.41, 5.74) is 4.29. The minimum absolute atomic E-state index is 0.122. The van der Waals surface area contributed by atoms with Crippen LogP contribution in [0.15, 0.2) is 18.2 Å². The number of aromatic nitrogens is 2. The fourth-order valence-electron chi connectivity index (χ4n) is 4.16. The lowest BCUT2D eigenvalue weighted by molar-refractivity contribution is 0.243. The molecule has 3 N–H and O–H groups in total. The number of urea groups is 1. The molecule has 2 amide bonds. The standard InChI is InChI=1S/C23H34N6O/c1-14-11-15(2)22(16(3)12-14)28-23(30)27-19-9-7-18(8-10-19)26-20-13-21(29(5)6)25-17(4)24-20/h11-13,18-19H,7-10H2,1-6H3,(H,24,25,26)(H2,27,28,30). The highest BCUT2D eigenvalue weighted by Gasteiger charge is 2.23. The highest BCUT2D eigenvalue weighted by molar-refractivity contribution is 5.91. The van der Waals surface area contributed by atoms with E-state index in [9.17, 15) is 4.79 Å². The minimum atomic E-state index is -0.122. The van der Waals surface area contributed by atoms with Crippen LogP contribution in [-0.4, -0.2) is 42.2 Å². The van der Waals surface area contributed by atoms with E-state index in [4.69, 9.17) is 0 Å². The zero-order chi connectivity index (χ0) is 21.8. The average Bonchev–Trinajstić information content (AvgIpc) is 2.66. The maximum atomic E-state index is 12.5. The molecule has 0 unspecified atom stereocenters. The summed E-state index contributed by atoms with van der Waals surface area (Å²) in [6, 6.07) is 6.60. The summed E-state index contributed by atoms with van der Waals surface area (Å²) in [4.78, 5) is 23.5. The summed E-state index contributed by atoms with van der Waals surface area (Å²) in [5.74, 6) is 2.53. The maximum Gasteiger partial charge on any atom is 0.319 e. The van der Waals surface area contributed by atoms with Crippen LogP contribution in [0.5, 0.6) is 0 Å². The van der Waals surface area contributed by atoms with Gasteiger partial charge in [0.25, 0.3) is 0 Å². The van der Waals surface area contributed by atoms with Gasteiger partial charge in [0, 0.05) is 37.9 Å². The maximum absolute atomic E-state index is 12.5. The van der Waals surface area contributed by atoms with Gasteiger partial charge in [-0.1, -0.05) is 17.7 Å². The van der Waals surface area contributed by atoms with E-state index in [-0.39, 0.29) is 12.1 Å². The molecule has 7 nitrogen and oxygen atoms in total. The molecule has 0 atom stereocenters. The van der Waals surface area contributed by atoms with E-state index in [1.165, 1.54) is 5.56 Å². The number of carbonyl (C=O) groups excluding carboxylic acids is 1. The predicted octanol–water partition coefficient (Wildman–Crippen LogP) is 4.32. The van der Waals surface area contributed by atoms with Crippen LogP contribution < -0.4 is 20.9 Å². The summed E-state index contributed by atoms with van der Waals surface area (Å²) in [5, 5.41) is 9.73. The summed E-state index contributed by atoms with van der Waals surface area (Å²) < 4.78 is 0. The van der Waals surface area contributed by atoms with Crippen molar-refractivity contribution in [1.82, 2.24) is 15.3 Å². The minimum Gasteiger partial charge on any atom is -0.367 e. The number of rotatable bonds is 5. The van der Waals surface area contributed by atoms with E-state index >= 15 is 0 Å². The quantitative estimate of drug-likeness (QED) is 0.684. The Morgan fingerprint density at radius 2 is 1.53 bits per heavy atom. The molecular weight excluding hydrogens is 376 g/mol. The third-order valence-electron chi connectivity index (χ3n) is 5.61. The molecule has 1 saturated carbocycles. The number of nitrogens with one attached hydrogen (secondary N) is 3. The van der Waals surface area contributed by atoms with Crippen LogP contribution in [0.25, 0.3) is 0 Å². The summed E-state index contributed by atoms with van der Waals surface area (Å²) in [7, 11) is 3.96. The number of hydrogen-bond acceptors (Lipinski definition) is 5. The van der Waals surface area contributed by atoms with Crippen LogP contribution in [0.4, 0.5) is 22.1 Å². The molecule has 0 aliphatic heterocycles. The summed E-state index contributed by atoms with van der Waals surface area (Å²) >= 11 is 0. The second kappa shape index (κ2) is 9.32. The zero-order valence-electron chi connectivity index (χ0n) is 19.0. The molecule has 1 aromatic heterocycles. The Kier molecular flexibility index (Phi) is 6.80. The van der Waals surface area contributed by atoms with E-state index in [2.05, 4.69) is 45.0 Å². The monoisotopic (exact) mass is 410 g/mol. The highest BCUT2D eigenvalue weighted by Crippen LogP contribution is 2.24. The first-order valence-corrected chi connectivity index (χ1v) is 10.7. The van der Waals surface area contributed by atoms with Gasteiger partial charge in [-0.3, -0.25) is 0 Å². The molecule has 1 aromatic carbocycles. The lowest BCUT2D eigenvalue weighted by Gasteiger charge is -2.30. The number of carbonyl (C=O) groups is 1. The highest BCUT2D eigenvalue weighted by atomic mass is 16.2. The van der Waals surface area contributed by atoms with E-state index in [0.717, 1.165) is 60.0 Å². The van der Waals surface area contributed by atoms with E-state index < -0.39 is 0 Å².